The standard InChI is InChI=1S/C11H14N2O3/c1-7(2-4-14)12-11(15)9-6-10-8(13-9)3-5-16-10/h3,5-7,13-14H,2,4H2,1H3,(H,12,15). The summed E-state index contributed by atoms with van der Waals surface area (Å²) in [5, 5.41) is 11.5. The third-order valence-corrected chi connectivity index (χ3v) is 2.42. The van der Waals surface area contributed by atoms with Crippen LogP contribution in [0.1, 0.15) is 23.8 Å². The number of hydrogen-bond acceptors (Lipinski definition) is 3. The Hall–Kier alpha value is -1.75. The van der Waals surface area contributed by atoms with E-state index < -0.39 is 0 Å². The number of fused-ring (bicyclic) bond motifs is 1. The van der Waals surface area contributed by atoms with E-state index in [0.717, 1.165) is 5.52 Å². The van der Waals surface area contributed by atoms with Crippen molar-refractivity contribution in [3.63, 3.8) is 0 Å². The van der Waals surface area contributed by atoms with Gasteiger partial charge >= 0.3 is 0 Å². The minimum atomic E-state index is -0.188. The van der Waals surface area contributed by atoms with Crippen molar-refractivity contribution in [1.82, 2.24) is 10.3 Å². The van der Waals surface area contributed by atoms with Gasteiger partial charge in [-0.05, 0) is 13.3 Å². The molecule has 86 valence electrons. The summed E-state index contributed by atoms with van der Waals surface area (Å²) in [6, 6.07) is 3.38. The summed E-state index contributed by atoms with van der Waals surface area (Å²) in [7, 11) is 0. The molecule has 2 aromatic heterocycles. The molecule has 3 N–H and O–H groups in total. The number of aliphatic hydroxyl groups is 1. The largest absolute Gasteiger partial charge is 0.463 e. The van der Waals surface area contributed by atoms with Crippen molar-refractivity contribution in [2.45, 2.75) is 19.4 Å². The van der Waals surface area contributed by atoms with Crippen molar-refractivity contribution in [3.8, 4) is 0 Å². The number of aromatic amines is 1. The van der Waals surface area contributed by atoms with Crippen molar-refractivity contribution in [2.24, 2.45) is 0 Å². The number of carbonyl (C=O) groups excluding carboxylic acids is 1. The second-order valence-electron chi connectivity index (χ2n) is 3.77. The van der Waals surface area contributed by atoms with Gasteiger partial charge in [-0.3, -0.25) is 4.79 Å². The van der Waals surface area contributed by atoms with Crippen molar-refractivity contribution in [2.75, 3.05) is 6.61 Å². The van der Waals surface area contributed by atoms with Crippen LogP contribution in [0.5, 0.6) is 0 Å². The average Bonchev–Trinajstić information content (AvgIpc) is 2.76. The molecule has 0 aromatic carbocycles. The van der Waals surface area contributed by atoms with Crippen LogP contribution in [0.3, 0.4) is 0 Å². The van der Waals surface area contributed by atoms with Crippen molar-refractivity contribution in [3.05, 3.63) is 24.1 Å². The van der Waals surface area contributed by atoms with E-state index in [0.29, 0.717) is 17.7 Å². The average molecular weight is 222 g/mol. The fourth-order valence-corrected chi connectivity index (χ4v) is 1.54. The Morgan fingerprint density at radius 3 is 3.19 bits per heavy atom. The number of carbonyl (C=O) groups is 1. The van der Waals surface area contributed by atoms with Crippen LogP contribution in [0.15, 0.2) is 22.8 Å². The molecule has 16 heavy (non-hydrogen) atoms. The van der Waals surface area contributed by atoms with Crippen LogP contribution < -0.4 is 5.32 Å². The molecule has 5 heteroatoms. The zero-order valence-electron chi connectivity index (χ0n) is 8.99. The van der Waals surface area contributed by atoms with Gasteiger partial charge in [0.1, 0.15) is 5.69 Å². The van der Waals surface area contributed by atoms with Gasteiger partial charge in [0, 0.05) is 24.8 Å². The summed E-state index contributed by atoms with van der Waals surface area (Å²) >= 11 is 0. The molecule has 2 heterocycles. The van der Waals surface area contributed by atoms with Crippen LogP contribution in [0.2, 0.25) is 0 Å². The number of hydrogen-bond donors (Lipinski definition) is 3. The van der Waals surface area contributed by atoms with E-state index in [9.17, 15) is 4.79 Å². The molecular formula is C11H14N2O3. The van der Waals surface area contributed by atoms with E-state index >= 15 is 0 Å². The molecule has 0 spiro atoms. The van der Waals surface area contributed by atoms with Crippen LogP contribution in [0.25, 0.3) is 11.1 Å². The first-order chi connectivity index (χ1) is 7.70. The van der Waals surface area contributed by atoms with Crippen LogP contribution in [-0.4, -0.2) is 28.6 Å². The van der Waals surface area contributed by atoms with Crippen molar-refractivity contribution >= 4 is 17.0 Å². The number of H-pyrrole nitrogens is 1. The Labute approximate surface area is 92.4 Å². The highest BCUT2D eigenvalue weighted by Crippen LogP contribution is 2.15. The molecule has 5 nitrogen and oxygen atoms in total. The predicted octanol–water partition coefficient (Wildman–Crippen LogP) is 1.26. The van der Waals surface area contributed by atoms with Gasteiger partial charge in [-0.15, -0.1) is 0 Å². The first-order valence-corrected chi connectivity index (χ1v) is 5.18. The molecule has 2 rings (SSSR count). The lowest BCUT2D eigenvalue weighted by atomic mass is 10.2. The fraction of sp³-hybridized carbons (Fsp3) is 0.364. The minimum Gasteiger partial charge on any atom is -0.463 e. The van der Waals surface area contributed by atoms with Gasteiger partial charge in [-0.2, -0.15) is 0 Å². The Balaban J connectivity index is 2.07. The second kappa shape index (κ2) is 4.40. The van der Waals surface area contributed by atoms with E-state index in [-0.39, 0.29) is 18.6 Å². The topological polar surface area (TPSA) is 78.3 Å². The minimum absolute atomic E-state index is 0.0490. The molecule has 1 atom stereocenters. The number of nitrogens with one attached hydrogen (secondary N) is 2. The van der Waals surface area contributed by atoms with E-state index in [1.165, 1.54) is 0 Å². The lowest BCUT2D eigenvalue weighted by molar-refractivity contribution is 0.0930. The maximum absolute atomic E-state index is 11.7. The van der Waals surface area contributed by atoms with Crippen LogP contribution in [0, 0.1) is 0 Å². The summed E-state index contributed by atoms with van der Waals surface area (Å²) in [4.78, 5) is 14.7. The zero-order chi connectivity index (χ0) is 11.5. The molecule has 0 aliphatic carbocycles. The Morgan fingerprint density at radius 2 is 2.50 bits per heavy atom. The van der Waals surface area contributed by atoms with E-state index in [1.54, 1.807) is 18.4 Å². The highest BCUT2D eigenvalue weighted by atomic mass is 16.3. The molecular weight excluding hydrogens is 208 g/mol. The highest BCUT2D eigenvalue weighted by molar-refractivity contribution is 5.96. The quantitative estimate of drug-likeness (QED) is 0.728. The third kappa shape index (κ3) is 2.09. The highest BCUT2D eigenvalue weighted by Gasteiger charge is 2.13. The molecule has 1 amide bonds. The monoisotopic (exact) mass is 222 g/mol. The molecule has 0 fully saturated rings. The molecule has 0 radical (unpaired) electrons. The van der Waals surface area contributed by atoms with Crippen LogP contribution >= 0.6 is 0 Å². The summed E-state index contributed by atoms with van der Waals surface area (Å²) in [6.07, 6.45) is 2.11. The van der Waals surface area contributed by atoms with Gasteiger partial charge in [-0.1, -0.05) is 0 Å². The first kappa shape index (κ1) is 10.8. The maximum Gasteiger partial charge on any atom is 0.268 e. The number of furan rings is 1. The molecule has 0 aliphatic heterocycles. The van der Waals surface area contributed by atoms with Gasteiger partial charge in [0.15, 0.2) is 5.58 Å². The normalized spacial score (nSPS) is 12.9. The second-order valence-corrected chi connectivity index (χ2v) is 3.77. The van der Waals surface area contributed by atoms with E-state index in [1.807, 2.05) is 6.92 Å². The smallest absolute Gasteiger partial charge is 0.268 e. The fourth-order valence-electron chi connectivity index (χ4n) is 1.54. The molecule has 0 aliphatic rings. The van der Waals surface area contributed by atoms with Gasteiger partial charge < -0.3 is 19.8 Å². The number of amides is 1. The van der Waals surface area contributed by atoms with E-state index in [4.69, 9.17) is 9.52 Å². The first-order valence-electron chi connectivity index (χ1n) is 5.18. The lowest BCUT2D eigenvalue weighted by Gasteiger charge is -2.10. The number of rotatable bonds is 4. The summed E-state index contributed by atoms with van der Waals surface area (Å²) < 4.78 is 5.15. The van der Waals surface area contributed by atoms with Crippen LogP contribution in [0.4, 0.5) is 0 Å². The number of aliphatic hydroxyl groups excluding tert-OH is 1. The number of aromatic nitrogens is 1. The SMILES string of the molecule is CC(CCO)NC(=O)c1cc2occc2[nH]1. The Bertz CT molecular complexity index is 458. The Morgan fingerprint density at radius 1 is 1.69 bits per heavy atom. The predicted molar refractivity (Wildman–Crippen MR) is 59.2 cm³/mol. The van der Waals surface area contributed by atoms with Crippen molar-refractivity contribution < 1.29 is 14.3 Å². The van der Waals surface area contributed by atoms with Gasteiger partial charge in [0.05, 0.1) is 11.8 Å². The third-order valence-electron chi connectivity index (χ3n) is 2.42. The van der Waals surface area contributed by atoms with Gasteiger partial charge in [-0.25, -0.2) is 0 Å². The Kier molecular flexibility index (Phi) is 2.96. The lowest BCUT2D eigenvalue weighted by Crippen LogP contribution is -2.33. The molecule has 0 bridgehead atoms. The molecule has 2 aromatic rings. The summed E-state index contributed by atoms with van der Waals surface area (Å²) in [5.41, 5.74) is 1.94. The molecule has 1 unspecified atom stereocenters. The summed E-state index contributed by atoms with van der Waals surface area (Å²) in [6.45, 7) is 1.91. The maximum atomic E-state index is 11.7. The van der Waals surface area contributed by atoms with E-state index in [2.05, 4.69) is 10.3 Å². The zero-order valence-corrected chi connectivity index (χ0v) is 8.99. The molecule has 0 saturated carbocycles. The van der Waals surface area contributed by atoms with Gasteiger partial charge in [0.25, 0.3) is 5.91 Å². The molecule has 0 saturated heterocycles. The summed E-state index contributed by atoms with van der Waals surface area (Å²) in [5.74, 6) is -0.188. The van der Waals surface area contributed by atoms with Crippen LogP contribution in [-0.2, 0) is 0 Å². The van der Waals surface area contributed by atoms with Crippen molar-refractivity contribution in [1.29, 1.82) is 0 Å². The van der Waals surface area contributed by atoms with Gasteiger partial charge in [0.2, 0.25) is 0 Å².